The lowest BCUT2D eigenvalue weighted by Gasteiger charge is -2.13. The fourth-order valence-corrected chi connectivity index (χ4v) is 2.71. The molecule has 2 rings (SSSR count). The Balaban J connectivity index is 2.60. The second-order valence-electron chi connectivity index (χ2n) is 4.22. The minimum absolute atomic E-state index is 0.132. The molecule has 0 fully saturated rings. The van der Waals surface area contributed by atoms with Crippen molar-refractivity contribution < 1.29 is 5.11 Å². The Kier molecular flexibility index (Phi) is 4.04. The summed E-state index contributed by atoms with van der Waals surface area (Å²) in [6.07, 6.45) is 0. The Morgan fingerprint density at radius 2 is 2.06 bits per heavy atom. The average Bonchev–Trinajstić information content (AvgIpc) is 2.71. The summed E-state index contributed by atoms with van der Waals surface area (Å²) in [5.41, 5.74) is 0.871. The smallest absolute Gasteiger partial charge is 0.164 e. The molecule has 0 amide bonds. The summed E-state index contributed by atoms with van der Waals surface area (Å²) in [5.74, 6) is 1.26. The maximum Gasteiger partial charge on any atom is 0.164 e. The number of aromatic nitrogens is 3. The van der Waals surface area contributed by atoms with Gasteiger partial charge in [-0.15, -0.1) is 10.2 Å². The zero-order chi connectivity index (χ0) is 13.3. The van der Waals surface area contributed by atoms with E-state index in [1.807, 2.05) is 36.6 Å². The Labute approximate surface area is 119 Å². The molecular weight excluding hydrogens is 318 g/mol. The molecule has 0 aliphatic heterocycles. The van der Waals surface area contributed by atoms with E-state index >= 15 is 0 Å². The molecule has 0 atom stereocenters. The number of rotatable bonds is 3. The number of hydrogen-bond donors (Lipinski definition) is 1. The molecule has 2 aromatic rings. The van der Waals surface area contributed by atoms with E-state index < -0.39 is 0 Å². The van der Waals surface area contributed by atoms with E-state index in [0.717, 1.165) is 10.0 Å². The van der Waals surface area contributed by atoms with Crippen molar-refractivity contribution in [3.63, 3.8) is 0 Å². The molecule has 0 saturated carbocycles. The van der Waals surface area contributed by atoms with Gasteiger partial charge in [0.1, 0.15) is 6.61 Å². The van der Waals surface area contributed by atoms with Crippen molar-refractivity contribution in [2.75, 3.05) is 0 Å². The highest BCUT2D eigenvalue weighted by atomic mass is 79.9. The first-order chi connectivity index (χ1) is 8.52. The molecule has 0 saturated heterocycles. The number of benzene rings is 1. The largest absolute Gasteiger partial charge is 0.388 e. The zero-order valence-corrected chi connectivity index (χ0v) is 12.4. The lowest BCUT2D eigenvalue weighted by atomic mass is 10.2. The maximum atomic E-state index is 9.28. The van der Waals surface area contributed by atoms with Crippen LogP contribution in [0.4, 0.5) is 0 Å². The van der Waals surface area contributed by atoms with Gasteiger partial charge in [-0.2, -0.15) is 0 Å². The topological polar surface area (TPSA) is 50.9 Å². The summed E-state index contributed by atoms with van der Waals surface area (Å²) < 4.78 is 2.78. The third-order valence-corrected chi connectivity index (χ3v) is 3.22. The second kappa shape index (κ2) is 5.38. The maximum absolute atomic E-state index is 9.28. The van der Waals surface area contributed by atoms with Gasteiger partial charge in [0, 0.05) is 21.1 Å². The summed E-state index contributed by atoms with van der Waals surface area (Å²) in [5, 5.41) is 18.0. The molecule has 1 aromatic carbocycles. The number of aliphatic hydroxyl groups is 1. The number of halogens is 2. The van der Waals surface area contributed by atoms with Gasteiger partial charge in [-0.3, -0.25) is 0 Å². The van der Waals surface area contributed by atoms with Crippen LogP contribution in [0.15, 0.2) is 22.7 Å². The molecule has 0 radical (unpaired) electrons. The van der Waals surface area contributed by atoms with Crippen LogP contribution in [0.5, 0.6) is 0 Å². The quantitative estimate of drug-likeness (QED) is 0.938. The van der Waals surface area contributed by atoms with Crippen molar-refractivity contribution in [3.05, 3.63) is 33.5 Å². The molecule has 1 N–H and O–H groups in total. The third kappa shape index (κ3) is 2.58. The van der Waals surface area contributed by atoms with Crippen molar-refractivity contribution in [1.29, 1.82) is 0 Å². The van der Waals surface area contributed by atoms with Crippen molar-refractivity contribution in [1.82, 2.24) is 14.8 Å². The summed E-state index contributed by atoms with van der Waals surface area (Å²) in [6, 6.07) is 5.73. The highest BCUT2D eigenvalue weighted by Gasteiger charge is 2.16. The Morgan fingerprint density at radius 1 is 1.33 bits per heavy atom. The van der Waals surface area contributed by atoms with Crippen LogP contribution in [-0.4, -0.2) is 19.9 Å². The molecule has 1 heterocycles. The van der Waals surface area contributed by atoms with E-state index in [0.29, 0.717) is 16.7 Å². The van der Waals surface area contributed by atoms with Gasteiger partial charge in [0.15, 0.2) is 11.6 Å². The third-order valence-electron chi connectivity index (χ3n) is 2.54. The highest BCUT2D eigenvalue weighted by Crippen LogP contribution is 2.28. The van der Waals surface area contributed by atoms with Crippen LogP contribution in [-0.2, 0) is 6.61 Å². The molecule has 0 aliphatic carbocycles. The van der Waals surface area contributed by atoms with Crippen LogP contribution in [0.2, 0.25) is 5.02 Å². The normalized spacial score (nSPS) is 11.2. The lowest BCUT2D eigenvalue weighted by Crippen LogP contribution is -2.08. The zero-order valence-electron chi connectivity index (χ0n) is 10.1. The van der Waals surface area contributed by atoms with Crippen LogP contribution < -0.4 is 0 Å². The van der Waals surface area contributed by atoms with Gasteiger partial charge < -0.3 is 9.67 Å². The van der Waals surface area contributed by atoms with E-state index in [1.54, 1.807) is 0 Å². The minimum atomic E-state index is -0.132. The molecule has 4 nitrogen and oxygen atoms in total. The van der Waals surface area contributed by atoms with Gasteiger partial charge in [0.2, 0.25) is 0 Å². The fourth-order valence-electron chi connectivity index (χ4n) is 1.85. The minimum Gasteiger partial charge on any atom is -0.388 e. The first-order valence-corrected chi connectivity index (χ1v) is 6.71. The van der Waals surface area contributed by atoms with Crippen LogP contribution >= 0.6 is 27.5 Å². The van der Waals surface area contributed by atoms with E-state index in [1.165, 1.54) is 0 Å². The summed E-state index contributed by atoms with van der Waals surface area (Å²) in [4.78, 5) is 0. The first-order valence-electron chi connectivity index (χ1n) is 5.54. The molecule has 18 heavy (non-hydrogen) atoms. The van der Waals surface area contributed by atoms with Gasteiger partial charge in [0.25, 0.3) is 0 Å². The van der Waals surface area contributed by atoms with Crippen LogP contribution in [0.25, 0.3) is 11.4 Å². The monoisotopic (exact) mass is 329 g/mol. The molecule has 0 unspecified atom stereocenters. The average molecular weight is 331 g/mol. The van der Waals surface area contributed by atoms with Crippen molar-refractivity contribution in [3.8, 4) is 11.4 Å². The van der Waals surface area contributed by atoms with Gasteiger partial charge >= 0.3 is 0 Å². The first kappa shape index (κ1) is 13.5. The van der Waals surface area contributed by atoms with E-state index in [4.69, 9.17) is 11.6 Å². The standard InChI is InChI=1S/C12H13BrClN3O/c1-7(2)17-11(6-18)15-16-12(17)8-3-9(13)5-10(14)4-8/h3-5,7,18H,6H2,1-2H3. The molecular formula is C12H13BrClN3O. The van der Waals surface area contributed by atoms with Crippen molar-refractivity contribution in [2.45, 2.75) is 26.5 Å². The number of nitrogens with zero attached hydrogens (tertiary/aromatic N) is 3. The molecule has 0 spiro atoms. The molecule has 0 bridgehead atoms. The van der Waals surface area contributed by atoms with E-state index in [2.05, 4.69) is 26.1 Å². The van der Waals surface area contributed by atoms with Gasteiger partial charge in [-0.05, 0) is 32.0 Å². The lowest BCUT2D eigenvalue weighted by molar-refractivity contribution is 0.262. The molecule has 6 heteroatoms. The predicted octanol–water partition coefficient (Wildman–Crippen LogP) is 3.43. The van der Waals surface area contributed by atoms with Gasteiger partial charge in [0.05, 0.1) is 0 Å². The summed E-state index contributed by atoms with van der Waals surface area (Å²) in [6.45, 7) is 3.91. The second-order valence-corrected chi connectivity index (χ2v) is 5.57. The SMILES string of the molecule is CC(C)n1c(CO)nnc1-c1cc(Cl)cc(Br)c1. The van der Waals surface area contributed by atoms with Crippen LogP contribution in [0.3, 0.4) is 0 Å². The van der Waals surface area contributed by atoms with E-state index in [-0.39, 0.29) is 12.6 Å². The molecule has 0 aliphatic rings. The van der Waals surface area contributed by atoms with Crippen molar-refractivity contribution >= 4 is 27.5 Å². The Hall–Kier alpha value is -0.910. The Bertz CT molecular complexity index is 548. The fraction of sp³-hybridized carbons (Fsp3) is 0.333. The predicted molar refractivity (Wildman–Crippen MR) is 74.5 cm³/mol. The van der Waals surface area contributed by atoms with Crippen molar-refractivity contribution in [2.24, 2.45) is 0 Å². The summed E-state index contributed by atoms with van der Waals surface area (Å²) in [7, 11) is 0. The number of hydrogen-bond acceptors (Lipinski definition) is 3. The Morgan fingerprint density at radius 3 is 2.61 bits per heavy atom. The number of aliphatic hydroxyl groups excluding tert-OH is 1. The van der Waals surface area contributed by atoms with Crippen LogP contribution in [0, 0.1) is 0 Å². The van der Waals surface area contributed by atoms with Gasteiger partial charge in [-0.25, -0.2) is 0 Å². The van der Waals surface area contributed by atoms with Crippen LogP contribution in [0.1, 0.15) is 25.7 Å². The highest BCUT2D eigenvalue weighted by molar-refractivity contribution is 9.10. The van der Waals surface area contributed by atoms with E-state index in [9.17, 15) is 5.11 Å². The summed E-state index contributed by atoms with van der Waals surface area (Å²) >= 11 is 9.44. The van der Waals surface area contributed by atoms with Gasteiger partial charge in [-0.1, -0.05) is 27.5 Å². The molecule has 1 aromatic heterocycles. The molecule has 96 valence electrons.